The number of aromatic nitrogens is 3. The van der Waals surface area contributed by atoms with Gasteiger partial charge in [-0.15, -0.1) is 0 Å². The standard InChI is InChI=1S/C15H16N4O/c20-15(16-7-3-9-19-10-4-8-18-19)13-11-17-14-6-2-1-5-12(13)14/h1-2,4-6,8,10-11,17H,3,7,9H2,(H,16,20). The minimum atomic E-state index is -0.0390. The van der Waals surface area contributed by atoms with Crippen LogP contribution in [0.5, 0.6) is 0 Å². The first kappa shape index (κ1) is 12.5. The van der Waals surface area contributed by atoms with E-state index in [9.17, 15) is 4.79 Å². The van der Waals surface area contributed by atoms with E-state index in [4.69, 9.17) is 0 Å². The predicted molar refractivity (Wildman–Crippen MR) is 77.5 cm³/mol. The highest BCUT2D eigenvalue weighted by molar-refractivity contribution is 6.06. The Kier molecular flexibility index (Phi) is 3.50. The number of fused-ring (bicyclic) bond motifs is 1. The van der Waals surface area contributed by atoms with Crippen LogP contribution in [-0.4, -0.2) is 27.2 Å². The number of hydrogen-bond donors (Lipinski definition) is 2. The molecule has 0 saturated heterocycles. The third-order valence-corrected chi connectivity index (χ3v) is 3.24. The topological polar surface area (TPSA) is 62.7 Å². The maximum absolute atomic E-state index is 12.1. The third kappa shape index (κ3) is 2.56. The van der Waals surface area contributed by atoms with Crippen molar-refractivity contribution < 1.29 is 4.79 Å². The average molecular weight is 268 g/mol. The van der Waals surface area contributed by atoms with Crippen molar-refractivity contribution in [2.45, 2.75) is 13.0 Å². The largest absolute Gasteiger partial charge is 0.360 e. The minimum Gasteiger partial charge on any atom is -0.360 e. The molecular weight excluding hydrogens is 252 g/mol. The maximum atomic E-state index is 12.1. The molecule has 0 radical (unpaired) electrons. The summed E-state index contributed by atoms with van der Waals surface area (Å²) in [6.45, 7) is 1.44. The molecule has 0 bridgehead atoms. The van der Waals surface area contributed by atoms with Crippen molar-refractivity contribution >= 4 is 16.8 Å². The summed E-state index contributed by atoms with van der Waals surface area (Å²) in [5.74, 6) is -0.0390. The van der Waals surface area contributed by atoms with E-state index in [1.165, 1.54) is 0 Å². The molecule has 0 unspecified atom stereocenters. The highest BCUT2D eigenvalue weighted by Crippen LogP contribution is 2.17. The highest BCUT2D eigenvalue weighted by atomic mass is 16.1. The molecule has 0 spiro atoms. The lowest BCUT2D eigenvalue weighted by Crippen LogP contribution is -2.25. The molecule has 0 aliphatic rings. The molecule has 5 nitrogen and oxygen atoms in total. The molecule has 0 fully saturated rings. The lowest BCUT2D eigenvalue weighted by molar-refractivity contribution is 0.0954. The Bertz CT molecular complexity index is 700. The van der Waals surface area contributed by atoms with Crippen LogP contribution in [0.25, 0.3) is 10.9 Å². The number of H-pyrrole nitrogens is 1. The second kappa shape index (κ2) is 5.61. The number of carbonyl (C=O) groups excluding carboxylic acids is 1. The zero-order chi connectivity index (χ0) is 13.8. The lowest BCUT2D eigenvalue weighted by Gasteiger charge is -2.04. The van der Waals surface area contributed by atoms with Gasteiger partial charge < -0.3 is 10.3 Å². The van der Waals surface area contributed by atoms with Gasteiger partial charge in [0.2, 0.25) is 0 Å². The molecule has 3 rings (SSSR count). The van der Waals surface area contributed by atoms with E-state index in [1.807, 2.05) is 41.2 Å². The predicted octanol–water partition coefficient (Wildman–Crippen LogP) is 2.18. The van der Waals surface area contributed by atoms with Crippen LogP contribution in [0, 0.1) is 0 Å². The van der Waals surface area contributed by atoms with Gasteiger partial charge in [0.15, 0.2) is 0 Å². The molecule has 1 aromatic carbocycles. The van der Waals surface area contributed by atoms with E-state index in [1.54, 1.807) is 12.4 Å². The maximum Gasteiger partial charge on any atom is 0.253 e. The van der Waals surface area contributed by atoms with Crippen LogP contribution in [0.2, 0.25) is 0 Å². The number of benzene rings is 1. The fraction of sp³-hybridized carbons (Fsp3) is 0.200. The number of carbonyl (C=O) groups is 1. The number of aryl methyl sites for hydroxylation is 1. The molecule has 1 amide bonds. The van der Waals surface area contributed by atoms with Crippen LogP contribution < -0.4 is 5.32 Å². The van der Waals surface area contributed by atoms with Gasteiger partial charge >= 0.3 is 0 Å². The van der Waals surface area contributed by atoms with Crippen molar-refractivity contribution in [3.63, 3.8) is 0 Å². The third-order valence-electron chi connectivity index (χ3n) is 3.24. The number of hydrogen-bond acceptors (Lipinski definition) is 2. The summed E-state index contributed by atoms with van der Waals surface area (Å²) < 4.78 is 1.86. The van der Waals surface area contributed by atoms with Gasteiger partial charge in [-0.1, -0.05) is 18.2 Å². The van der Waals surface area contributed by atoms with E-state index < -0.39 is 0 Å². The molecular formula is C15H16N4O. The van der Waals surface area contributed by atoms with Gasteiger partial charge in [0, 0.05) is 42.6 Å². The van der Waals surface area contributed by atoms with E-state index in [-0.39, 0.29) is 5.91 Å². The fourth-order valence-electron chi connectivity index (χ4n) is 2.23. The van der Waals surface area contributed by atoms with Crippen molar-refractivity contribution in [3.05, 3.63) is 54.5 Å². The summed E-state index contributed by atoms with van der Waals surface area (Å²) in [5, 5.41) is 8.02. The first-order valence-electron chi connectivity index (χ1n) is 6.66. The zero-order valence-electron chi connectivity index (χ0n) is 11.0. The summed E-state index contributed by atoms with van der Waals surface area (Å²) >= 11 is 0. The van der Waals surface area contributed by atoms with E-state index in [0.717, 1.165) is 23.9 Å². The van der Waals surface area contributed by atoms with Gasteiger partial charge in [0.1, 0.15) is 0 Å². The molecule has 20 heavy (non-hydrogen) atoms. The summed E-state index contributed by atoms with van der Waals surface area (Å²) in [5.41, 5.74) is 1.67. The van der Waals surface area contributed by atoms with Crippen LogP contribution in [-0.2, 0) is 6.54 Å². The normalized spacial score (nSPS) is 10.8. The van der Waals surface area contributed by atoms with Crippen LogP contribution in [0.1, 0.15) is 16.8 Å². The number of aromatic amines is 1. The van der Waals surface area contributed by atoms with Crippen LogP contribution in [0.15, 0.2) is 48.9 Å². The Balaban J connectivity index is 1.56. The van der Waals surface area contributed by atoms with Gasteiger partial charge in [-0.25, -0.2) is 0 Å². The molecule has 0 atom stereocenters. The number of nitrogens with zero attached hydrogens (tertiary/aromatic N) is 2. The quantitative estimate of drug-likeness (QED) is 0.697. The van der Waals surface area contributed by atoms with Crippen molar-refractivity contribution in [1.82, 2.24) is 20.1 Å². The highest BCUT2D eigenvalue weighted by Gasteiger charge is 2.10. The summed E-state index contributed by atoms with van der Waals surface area (Å²) in [6, 6.07) is 9.69. The van der Waals surface area contributed by atoms with Crippen LogP contribution in [0.4, 0.5) is 0 Å². The Morgan fingerprint density at radius 2 is 2.20 bits per heavy atom. The Hall–Kier alpha value is -2.56. The smallest absolute Gasteiger partial charge is 0.253 e. The van der Waals surface area contributed by atoms with Gasteiger partial charge in [-0.3, -0.25) is 9.48 Å². The van der Waals surface area contributed by atoms with Crippen molar-refractivity contribution in [1.29, 1.82) is 0 Å². The number of nitrogens with one attached hydrogen (secondary N) is 2. The molecule has 0 saturated carbocycles. The first-order chi connectivity index (χ1) is 9.84. The van der Waals surface area contributed by atoms with E-state index in [0.29, 0.717) is 12.1 Å². The molecule has 2 aromatic heterocycles. The Morgan fingerprint density at radius 3 is 3.05 bits per heavy atom. The molecule has 0 aliphatic heterocycles. The van der Waals surface area contributed by atoms with Gasteiger partial charge in [0.05, 0.1) is 5.56 Å². The number of amides is 1. The van der Waals surface area contributed by atoms with Crippen molar-refractivity contribution in [2.75, 3.05) is 6.54 Å². The summed E-state index contributed by atoms with van der Waals surface area (Å²) in [7, 11) is 0. The van der Waals surface area contributed by atoms with E-state index >= 15 is 0 Å². The Morgan fingerprint density at radius 1 is 1.30 bits per heavy atom. The number of para-hydroxylation sites is 1. The van der Waals surface area contributed by atoms with Crippen molar-refractivity contribution in [2.24, 2.45) is 0 Å². The molecule has 3 aromatic rings. The van der Waals surface area contributed by atoms with Gasteiger partial charge in [-0.2, -0.15) is 5.10 Å². The molecule has 2 N–H and O–H groups in total. The summed E-state index contributed by atoms with van der Waals surface area (Å²) in [6.07, 6.45) is 6.29. The summed E-state index contributed by atoms with van der Waals surface area (Å²) in [4.78, 5) is 15.2. The second-order valence-corrected chi connectivity index (χ2v) is 4.63. The fourth-order valence-corrected chi connectivity index (χ4v) is 2.23. The Labute approximate surface area is 116 Å². The first-order valence-corrected chi connectivity index (χ1v) is 6.66. The SMILES string of the molecule is O=C(NCCCn1cccn1)c1c[nH]c2ccccc12. The molecule has 102 valence electrons. The zero-order valence-corrected chi connectivity index (χ0v) is 11.0. The monoisotopic (exact) mass is 268 g/mol. The second-order valence-electron chi connectivity index (χ2n) is 4.63. The van der Waals surface area contributed by atoms with Crippen LogP contribution >= 0.6 is 0 Å². The van der Waals surface area contributed by atoms with Crippen molar-refractivity contribution in [3.8, 4) is 0 Å². The van der Waals surface area contributed by atoms with E-state index in [2.05, 4.69) is 15.4 Å². The van der Waals surface area contributed by atoms with Gasteiger partial charge in [-0.05, 0) is 18.6 Å². The minimum absolute atomic E-state index is 0.0390. The molecule has 5 heteroatoms. The van der Waals surface area contributed by atoms with Crippen LogP contribution in [0.3, 0.4) is 0 Å². The molecule has 2 heterocycles. The lowest BCUT2D eigenvalue weighted by atomic mass is 10.1. The molecule has 0 aliphatic carbocycles. The average Bonchev–Trinajstić information content (AvgIpc) is 3.12. The van der Waals surface area contributed by atoms with Gasteiger partial charge in [0.25, 0.3) is 5.91 Å². The number of rotatable bonds is 5.